The zero-order valence-corrected chi connectivity index (χ0v) is 5.74. The van der Waals surface area contributed by atoms with Gasteiger partial charge in [0, 0.05) is 6.92 Å². The van der Waals surface area contributed by atoms with Gasteiger partial charge in [-0.15, -0.1) is 0 Å². The van der Waals surface area contributed by atoms with E-state index in [9.17, 15) is 4.79 Å². The molecule has 0 fully saturated rings. The fraction of sp³-hybridized carbons (Fsp3) is 0.600. The van der Waals surface area contributed by atoms with Crippen LogP contribution in [0.5, 0.6) is 0 Å². The molecule has 0 bridgehead atoms. The normalized spacial score (nSPS) is 9.73. The quantitative estimate of drug-likeness (QED) is 0.456. The molecule has 0 aromatic rings. The SMILES string of the molecule is CC(=O)O.CC(O)C(=O)O.[KH]. The summed E-state index contributed by atoms with van der Waals surface area (Å²) in [6.07, 6.45) is -1.23. The van der Waals surface area contributed by atoms with Crippen LogP contribution in [-0.2, 0) is 9.59 Å². The first-order valence-corrected chi connectivity index (χ1v) is 2.48. The number of carboxylic acids is 2. The Bertz CT molecular complexity index is 118. The zero-order chi connectivity index (χ0) is 8.73. The first kappa shape index (κ1) is 17.6. The molecule has 0 saturated heterocycles. The van der Waals surface area contributed by atoms with E-state index in [-0.39, 0.29) is 51.4 Å². The van der Waals surface area contributed by atoms with E-state index in [0.29, 0.717) is 0 Å². The van der Waals surface area contributed by atoms with Crippen LogP contribution >= 0.6 is 0 Å². The molecule has 0 spiro atoms. The summed E-state index contributed by atoms with van der Waals surface area (Å²) in [5, 5.41) is 23.2. The van der Waals surface area contributed by atoms with E-state index in [1.165, 1.54) is 6.92 Å². The molecule has 1 unspecified atom stereocenters. The Labute approximate surface area is 107 Å². The van der Waals surface area contributed by atoms with Crippen LogP contribution in [0.2, 0.25) is 0 Å². The number of hydrogen-bond acceptors (Lipinski definition) is 3. The number of rotatable bonds is 1. The van der Waals surface area contributed by atoms with Gasteiger partial charge in [-0.3, -0.25) is 4.79 Å². The summed E-state index contributed by atoms with van der Waals surface area (Å²) in [5.74, 6) is -2.02. The summed E-state index contributed by atoms with van der Waals surface area (Å²) >= 11 is 0. The van der Waals surface area contributed by atoms with E-state index >= 15 is 0 Å². The average molecular weight is 190 g/mol. The summed E-state index contributed by atoms with van der Waals surface area (Å²) in [4.78, 5) is 18.4. The van der Waals surface area contributed by atoms with Gasteiger partial charge in [-0.1, -0.05) is 0 Å². The van der Waals surface area contributed by atoms with Crippen molar-refractivity contribution < 1.29 is 24.9 Å². The van der Waals surface area contributed by atoms with E-state index in [1.54, 1.807) is 0 Å². The Morgan fingerprint density at radius 1 is 1.27 bits per heavy atom. The molecule has 62 valence electrons. The maximum atomic E-state index is 9.45. The summed E-state index contributed by atoms with van der Waals surface area (Å²) < 4.78 is 0. The van der Waals surface area contributed by atoms with Gasteiger partial charge in [-0.2, -0.15) is 0 Å². The van der Waals surface area contributed by atoms with Gasteiger partial charge in [0.15, 0.2) is 0 Å². The second kappa shape index (κ2) is 10.5. The van der Waals surface area contributed by atoms with Crippen molar-refractivity contribution in [3.63, 3.8) is 0 Å². The Hall–Kier alpha value is 0.536. The minimum absolute atomic E-state index is 0. The van der Waals surface area contributed by atoms with Crippen LogP contribution in [0.25, 0.3) is 0 Å². The number of aliphatic carboxylic acids is 2. The van der Waals surface area contributed by atoms with Crippen molar-refractivity contribution in [1.29, 1.82) is 0 Å². The summed E-state index contributed by atoms with van der Waals surface area (Å²) in [6, 6.07) is 0. The molecule has 0 saturated carbocycles. The van der Waals surface area contributed by atoms with E-state index in [0.717, 1.165) is 6.92 Å². The van der Waals surface area contributed by atoms with Crippen LogP contribution in [0.3, 0.4) is 0 Å². The van der Waals surface area contributed by atoms with Crippen LogP contribution < -0.4 is 0 Å². The van der Waals surface area contributed by atoms with Crippen LogP contribution in [0.4, 0.5) is 0 Å². The van der Waals surface area contributed by atoms with Crippen LogP contribution in [-0.4, -0.2) is 84.7 Å². The number of carboxylic acid groups (broad SMARTS) is 2. The standard InChI is InChI=1S/C3H6O3.C2H4O2.K.H/c1-2(4)3(5)6;1-2(3)4;;/h2,4H,1H3,(H,5,6);1H3,(H,3,4);;. The molecule has 0 aliphatic rings. The van der Waals surface area contributed by atoms with Crippen molar-refractivity contribution in [3.8, 4) is 0 Å². The zero-order valence-electron chi connectivity index (χ0n) is 5.74. The molecule has 11 heavy (non-hydrogen) atoms. The van der Waals surface area contributed by atoms with E-state index in [4.69, 9.17) is 20.1 Å². The van der Waals surface area contributed by atoms with Crippen molar-refractivity contribution in [3.05, 3.63) is 0 Å². The molecule has 5 nitrogen and oxygen atoms in total. The molecule has 6 heteroatoms. The number of aliphatic hydroxyl groups is 1. The van der Waals surface area contributed by atoms with E-state index < -0.39 is 18.0 Å². The Kier molecular flexibility index (Phi) is 16.8. The fourth-order valence-corrected chi connectivity index (χ4v) is 0. The fourth-order valence-electron chi connectivity index (χ4n) is 0. The minimum atomic E-state index is -1.23. The summed E-state index contributed by atoms with van der Waals surface area (Å²) in [5.41, 5.74) is 0. The summed E-state index contributed by atoms with van der Waals surface area (Å²) in [6.45, 7) is 2.28. The Morgan fingerprint density at radius 3 is 1.36 bits per heavy atom. The predicted molar refractivity (Wildman–Crippen MR) is 39.8 cm³/mol. The molecule has 1 atom stereocenters. The van der Waals surface area contributed by atoms with Crippen molar-refractivity contribution >= 4 is 63.3 Å². The first-order chi connectivity index (χ1) is 4.37. The third-order valence-electron chi connectivity index (χ3n) is 0.357. The summed E-state index contributed by atoms with van der Waals surface area (Å²) in [7, 11) is 0. The second-order valence-corrected chi connectivity index (χ2v) is 1.53. The first-order valence-electron chi connectivity index (χ1n) is 2.48. The number of aliphatic hydroxyl groups excluding tert-OH is 1. The Morgan fingerprint density at radius 2 is 1.36 bits per heavy atom. The molecule has 0 amide bonds. The van der Waals surface area contributed by atoms with Crippen LogP contribution in [0, 0.1) is 0 Å². The predicted octanol–water partition coefficient (Wildman–Crippen LogP) is -1.11. The molecule has 0 rings (SSSR count). The third kappa shape index (κ3) is 37.3. The Balaban J connectivity index is -0.000000114. The molecule has 0 aliphatic carbocycles. The third-order valence-corrected chi connectivity index (χ3v) is 0.357. The van der Waals surface area contributed by atoms with Crippen molar-refractivity contribution in [1.82, 2.24) is 0 Å². The topological polar surface area (TPSA) is 94.8 Å². The van der Waals surface area contributed by atoms with E-state index in [2.05, 4.69) is 0 Å². The molecular weight excluding hydrogens is 179 g/mol. The van der Waals surface area contributed by atoms with Gasteiger partial charge in [0.2, 0.25) is 0 Å². The molecule has 0 aliphatic heterocycles. The molecule has 0 radical (unpaired) electrons. The van der Waals surface area contributed by atoms with Gasteiger partial charge >= 0.3 is 57.4 Å². The molecule has 3 N–H and O–H groups in total. The monoisotopic (exact) mass is 190 g/mol. The number of carbonyl (C=O) groups is 2. The number of hydrogen-bond donors (Lipinski definition) is 3. The van der Waals surface area contributed by atoms with Crippen LogP contribution in [0.1, 0.15) is 13.8 Å². The average Bonchev–Trinajstić information content (AvgIpc) is 1.63. The van der Waals surface area contributed by atoms with Gasteiger partial charge in [0.1, 0.15) is 6.10 Å². The van der Waals surface area contributed by atoms with Crippen LogP contribution in [0.15, 0.2) is 0 Å². The molecule has 0 aromatic carbocycles. The van der Waals surface area contributed by atoms with Gasteiger partial charge in [-0.05, 0) is 6.92 Å². The van der Waals surface area contributed by atoms with Crippen molar-refractivity contribution in [2.75, 3.05) is 0 Å². The van der Waals surface area contributed by atoms with Gasteiger partial charge in [-0.25, -0.2) is 4.79 Å². The molecule has 0 heterocycles. The van der Waals surface area contributed by atoms with Gasteiger partial charge in [0.05, 0.1) is 0 Å². The molecular formula is C5H11KO5. The van der Waals surface area contributed by atoms with Gasteiger partial charge < -0.3 is 15.3 Å². The van der Waals surface area contributed by atoms with Crippen molar-refractivity contribution in [2.24, 2.45) is 0 Å². The second-order valence-electron chi connectivity index (χ2n) is 1.53. The maximum absolute atomic E-state index is 9.45. The van der Waals surface area contributed by atoms with Crippen molar-refractivity contribution in [2.45, 2.75) is 20.0 Å². The van der Waals surface area contributed by atoms with E-state index in [1.807, 2.05) is 0 Å². The molecule has 0 aromatic heterocycles. The van der Waals surface area contributed by atoms with Gasteiger partial charge in [0.25, 0.3) is 5.97 Å².